The molecule has 0 radical (unpaired) electrons. The molecule has 0 saturated heterocycles. The van der Waals surface area contributed by atoms with Crippen molar-refractivity contribution in [1.29, 1.82) is 0 Å². The fraction of sp³-hybridized carbons (Fsp3) is 0.647. The molecule has 1 N–H and O–H groups in total. The van der Waals surface area contributed by atoms with Crippen molar-refractivity contribution >= 4 is 15.9 Å². The number of halogens is 3. The van der Waals surface area contributed by atoms with Gasteiger partial charge < -0.3 is 5.32 Å². The van der Waals surface area contributed by atoms with Gasteiger partial charge in [0.2, 0.25) is 0 Å². The Hall–Kier alpha value is -0.480. The normalized spacial score (nSPS) is 12.6. The van der Waals surface area contributed by atoms with Crippen molar-refractivity contribution in [2.45, 2.75) is 64.3 Å². The summed E-state index contributed by atoms with van der Waals surface area (Å²) in [5, 5.41) is 3.10. The van der Waals surface area contributed by atoms with Crippen molar-refractivity contribution < 1.29 is 8.78 Å². The maximum Gasteiger partial charge on any atom is 0.137 e. The molecular formula is C17H26BrF2N. The Bertz CT molecular complexity index is 423. The van der Waals surface area contributed by atoms with Gasteiger partial charge in [-0.2, -0.15) is 0 Å². The highest BCUT2D eigenvalue weighted by atomic mass is 79.9. The van der Waals surface area contributed by atoms with Gasteiger partial charge in [0.1, 0.15) is 11.6 Å². The SMILES string of the molecule is CCCCCCCCCC(NC)c1cc(F)c(Br)cc1F. The standard InChI is InChI=1S/C17H26BrF2N/c1-3-4-5-6-7-8-9-10-17(21-2)13-11-16(20)14(18)12-15(13)19/h11-12,17,21H,3-10H2,1-2H3. The third-order valence-electron chi connectivity index (χ3n) is 3.86. The quantitative estimate of drug-likeness (QED) is 0.390. The number of benzene rings is 1. The molecule has 1 rings (SSSR count). The van der Waals surface area contributed by atoms with Gasteiger partial charge in [0, 0.05) is 11.6 Å². The maximum absolute atomic E-state index is 13.9. The average molecular weight is 362 g/mol. The lowest BCUT2D eigenvalue weighted by Crippen LogP contribution is -2.18. The van der Waals surface area contributed by atoms with E-state index in [1.807, 2.05) is 0 Å². The molecule has 21 heavy (non-hydrogen) atoms. The van der Waals surface area contributed by atoms with E-state index in [9.17, 15) is 8.78 Å². The van der Waals surface area contributed by atoms with E-state index < -0.39 is 5.82 Å². The summed E-state index contributed by atoms with van der Waals surface area (Å²) in [7, 11) is 1.80. The lowest BCUT2D eigenvalue weighted by molar-refractivity contribution is 0.470. The van der Waals surface area contributed by atoms with Crippen LogP contribution in [0.2, 0.25) is 0 Å². The topological polar surface area (TPSA) is 12.0 Å². The highest BCUT2D eigenvalue weighted by molar-refractivity contribution is 9.10. The first-order valence-electron chi connectivity index (χ1n) is 7.91. The Balaban J connectivity index is 2.43. The summed E-state index contributed by atoms with van der Waals surface area (Å²) >= 11 is 3.01. The zero-order valence-electron chi connectivity index (χ0n) is 13.0. The molecule has 0 heterocycles. The highest BCUT2D eigenvalue weighted by Gasteiger charge is 2.16. The Morgan fingerprint density at radius 1 is 1.00 bits per heavy atom. The van der Waals surface area contributed by atoms with Gasteiger partial charge in [-0.1, -0.05) is 51.9 Å². The molecule has 0 saturated carbocycles. The Morgan fingerprint density at radius 3 is 2.24 bits per heavy atom. The lowest BCUT2D eigenvalue weighted by atomic mass is 9.99. The number of hydrogen-bond acceptors (Lipinski definition) is 1. The van der Waals surface area contributed by atoms with E-state index in [-0.39, 0.29) is 16.3 Å². The molecule has 0 aromatic heterocycles. The van der Waals surface area contributed by atoms with Gasteiger partial charge in [0.25, 0.3) is 0 Å². The first-order valence-corrected chi connectivity index (χ1v) is 8.71. The summed E-state index contributed by atoms with van der Waals surface area (Å²) < 4.78 is 27.7. The molecule has 4 heteroatoms. The van der Waals surface area contributed by atoms with Crippen molar-refractivity contribution in [3.63, 3.8) is 0 Å². The fourth-order valence-electron chi connectivity index (χ4n) is 2.57. The van der Waals surface area contributed by atoms with Crippen LogP contribution in [-0.4, -0.2) is 7.05 Å². The number of hydrogen-bond donors (Lipinski definition) is 1. The van der Waals surface area contributed by atoms with Crippen molar-refractivity contribution in [2.24, 2.45) is 0 Å². The monoisotopic (exact) mass is 361 g/mol. The van der Waals surface area contributed by atoms with E-state index in [4.69, 9.17) is 0 Å². The molecule has 1 unspecified atom stereocenters. The fourth-order valence-corrected chi connectivity index (χ4v) is 2.88. The number of rotatable bonds is 10. The molecule has 1 aromatic carbocycles. The molecule has 120 valence electrons. The zero-order valence-corrected chi connectivity index (χ0v) is 14.6. The third-order valence-corrected chi connectivity index (χ3v) is 4.47. The molecule has 0 aliphatic rings. The van der Waals surface area contributed by atoms with Gasteiger partial charge in [0.15, 0.2) is 0 Å². The summed E-state index contributed by atoms with van der Waals surface area (Å²) in [6, 6.07) is 2.38. The highest BCUT2D eigenvalue weighted by Crippen LogP contribution is 2.27. The van der Waals surface area contributed by atoms with Crippen LogP contribution in [0.1, 0.15) is 69.9 Å². The van der Waals surface area contributed by atoms with Crippen LogP contribution >= 0.6 is 15.9 Å². The molecular weight excluding hydrogens is 336 g/mol. The second-order valence-electron chi connectivity index (χ2n) is 5.54. The molecule has 1 nitrogen and oxygen atoms in total. The summed E-state index contributed by atoms with van der Waals surface area (Å²) in [4.78, 5) is 0. The van der Waals surface area contributed by atoms with Crippen LogP contribution in [0, 0.1) is 11.6 Å². The largest absolute Gasteiger partial charge is 0.313 e. The van der Waals surface area contributed by atoms with Crippen molar-refractivity contribution in [3.8, 4) is 0 Å². The zero-order chi connectivity index (χ0) is 15.7. The van der Waals surface area contributed by atoms with Gasteiger partial charge in [-0.25, -0.2) is 8.78 Å². The summed E-state index contributed by atoms with van der Waals surface area (Å²) in [6.45, 7) is 2.21. The van der Waals surface area contributed by atoms with E-state index in [1.54, 1.807) is 7.05 Å². The van der Waals surface area contributed by atoms with Crippen molar-refractivity contribution in [3.05, 3.63) is 33.8 Å². The van der Waals surface area contributed by atoms with E-state index in [0.717, 1.165) is 19.3 Å². The molecule has 0 fully saturated rings. The number of nitrogens with one attached hydrogen (secondary N) is 1. The molecule has 0 aliphatic heterocycles. The first-order chi connectivity index (χ1) is 10.1. The molecule has 1 aromatic rings. The minimum Gasteiger partial charge on any atom is -0.313 e. The van der Waals surface area contributed by atoms with E-state index in [1.165, 1.54) is 44.2 Å². The van der Waals surface area contributed by atoms with Crippen LogP contribution in [0.5, 0.6) is 0 Å². The van der Waals surface area contributed by atoms with Crippen LogP contribution < -0.4 is 5.32 Å². The van der Waals surface area contributed by atoms with Crippen molar-refractivity contribution in [1.82, 2.24) is 5.32 Å². The Kier molecular flexibility index (Phi) is 9.09. The smallest absolute Gasteiger partial charge is 0.137 e. The minimum absolute atomic E-state index is 0.122. The van der Waals surface area contributed by atoms with Gasteiger partial charge in [-0.15, -0.1) is 0 Å². The van der Waals surface area contributed by atoms with Crippen LogP contribution in [0.4, 0.5) is 8.78 Å². The summed E-state index contributed by atoms with van der Waals surface area (Å²) in [5.74, 6) is -0.767. The Labute approximate surface area is 135 Å². The second kappa shape index (κ2) is 10.3. The molecule has 0 aliphatic carbocycles. The Morgan fingerprint density at radius 2 is 1.62 bits per heavy atom. The van der Waals surface area contributed by atoms with E-state index in [0.29, 0.717) is 5.56 Å². The molecule has 0 amide bonds. The number of unbranched alkanes of at least 4 members (excludes halogenated alkanes) is 6. The van der Waals surface area contributed by atoms with Crippen LogP contribution in [0.15, 0.2) is 16.6 Å². The molecule has 0 spiro atoms. The lowest BCUT2D eigenvalue weighted by Gasteiger charge is -2.18. The van der Waals surface area contributed by atoms with E-state index in [2.05, 4.69) is 28.2 Å². The van der Waals surface area contributed by atoms with Crippen LogP contribution in [-0.2, 0) is 0 Å². The van der Waals surface area contributed by atoms with Gasteiger partial charge in [-0.3, -0.25) is 0 Å². The maximum atomic E-state index is 13.9. The predicted molar refractivity (Wildman–Crippen MR) is 88.5 cm³/mol. The summed E-state index contributed by atoms with van der Waals surface area (Å²) in [6.07, 6.45) is 9.41. The van der Waals surface area contributed by atoms with Gasteiger partial charge in [0.05, 0.1) is 4.47 Å². The van der Waals surface area contributed by atoms with Gasteiger partial charge in [-0.05, 0) is 41.5 Å². The molecule has 0 bridgehead atoms. The average Bonchev–Trinajstić information content (AvgIpc) is 2.46. The van der Waals surface area contributed by atoms with Crippen LogP contribution in [0.25, 0.3) is 0 Å². The van der Waals surface area contributed by atoms with Gasteiger partial charge >= 0.3 is 0 Å². The predicted octanol–water partition coefficient (Wildman–Crippen LogP) is 6.13. The first kappa shape index (κ1) is 18.6. The van der Waals surface area contributed by atoms with Crippen molar-refractivity contribution in [2.75, 3.05) is 7.05 Å². The third kappa shape index (κ3) is 6.43. The second-order valence-corrected chi connectivity index (χ2v) is 6.39. The minimum atomic E-state index is -0.411. The molecule has 1 atom stereocenters. The van der Waals surface area contributed by atoms with Crippen LogP contribution in [0.3, 0.4) is 0 Å². The summed E-state index contributed by atoms with van der Waals surface area (Å²) in [5.41, 5.74) is 0.421. The van der Waals surface area contributed by atoms with E-state index >= 15 is 0 Å².